The second kappa shape index (κ2) is 8.85. The molecule has 0 aromatic rings. The molecule has 1 aliphatic rings. The van der Waals surface area contributed by atoms with E-state index < -0.39 is 0 Å². The van der Waals surface area contributed by atoms with Crippen LogP contribution in [-0.4, -0.2) is 49.9 Å². The first-order valence-electron chi connectivity index (χ1n) is 8.41. The van der Waals surface area contributed by atoms with Crippen molar-refractivity contribution >= 4 is 29.9 Å². The molecule has 1 aliphatic carbocycles. The second-order valence-corrected chi connectivity index (χ2v) is 8.00. The van der Waals surface area contributed by atoms with Gasteiger partial charge in [0.2, 0.25) is 0 Å². The topological polar surface area (TPSA) is 57.7 Å². The third-order valence-electron chi connectivity index (χ3n) is 4.97. The molecule has 0 bridgehead atoms. The van der Waals surface area contributed by atoms with Crippen molar-refractivity contribution in [1.29, 1.82) is 0 Å². The Hall–Kier alpha value is -0.0800. The molecule has 0 aliphatic heterocycles. The Balaban J connectivity index is 0.00000484. The van der Waals surface area contributed by atoms with Gasteiger partial charge in [0, 0.05) is 37.2 Å². The zero-order chi connectivity index (χ0) is 17.0. The number of halogens is 1. The molecule has 1 saturated carbocycles. The molecule has 0 aromatic heterocycles. The van der Waals surface area contributed by atoms with Gasteiger partial charge in [0.25, 0.3) is 0 Å². The number of methoxy groups -OCH3 is 1. The summed E-state index contributed by atoms with van der Waals surface area (Å²) in [6.07, 6.45) is 1.00. The number of hydrogen-bond donors (Lipinski definition) is 3. The lowest BCUT2D eigenvalue weighted by Crippen LogP contribution is -2.69. The summed E-state index contributed by atoms with van der Waals surface area (Å²) in [5.41, 5.74) is 0.162. The fourth-order valence-electron chi connectivity index (χ4n) is 2.81. The van der Waals surface area contributed by atoms with E-state index in [1.54, 1.807) is 7.11 Å². The molecule has 6 heteroatoms. The van der Waals surface area contributed by atoms with E-state index in [0.717, 1.165) is 32.0 Å². The maximum absolute atomic E-state index is 5.69. The van der Waals surface area contributed by atoms with Crippen LogP contribution in [-0.2, 0) is 4.74 Å². The van der Waals surface area contributed by atoms with Crippen LogP contribution >= 0.6 is 24.0 Å². The quantitative estimate of drug-likeness (QED) is 0.257. The standard InChI is InChI=1S/C17H36N4O.HI/c1-9-18-14(19-10-11-20-15(2,3)4)21-13-12-17(7,22-8)16(13,5)6;/h13,20H,9-12H2,1-8H3,(H2,18,19,21);1H. The Morgan fingerprint density at radius 3 is 2.30 bits per heavy atom. The summed E-state index contributed by atoms with van der Waals surface area (Å²) in [5, 5.41) is 10.4. The molecule has 138 valence electrons. The maximum atomic E-state index is 5.69. The summed E-state index contributed by atoms with van der Waals surface area (Å²) in [4.78, 5) is 4.67. The van der Waals surface area contributed by atoms with E-state index in [4.69, 9.17) is 4.74 Å². The average Bonchev–Trinajstić information content (AvgIpc) is 2.41. The number of hydrogen-bond acceptors (Lipinski definition) is 3. The number of ether oxygens (including phenoxy) is 1. The molecular formula is C17H37IN4O. The van der Waals surface area contributed by atoms with Gasteiger partial charge < -0.3 is 20.7 Å². The van der Waals surface area contributed by atoms with Gasteiger partial charge in [0.05, 0.1) is 12.1 Å². The predicted molar refractivity (Wildman–Crippen MR) is 110 cm³/mol. The first-order valence-corrected chi connectivity index (χ1v) is 8.41. The number of aliphatic imine (C=N–C) groups is 1. The van der Waals surface area contributed by atoms with E-state index in [1.165, 1.54) is 0 Å². The van der Waals surface area contributed by atoms with Gasteiger partial charge in [-0.25, -0.2) is 0 Å². The van der Waals surface area contributed by atoms with Gasteiger partial charge in [0.15, 0.2) is 5.96 Å². The number of guanidine groups is 1. The summed E-state index contributed by atoms with van der Waals surface area (Å²) in [6, 6.07) is 0.380. The van der Waals surface area contributed by atoms with Crippen LogP contribution in [0.5, 0.6) is 0 Å². The van der Waals surface area contributed by atoms with Crippen LogP contribution < -0.4 is 16.0 Å². The molecule has 0 radical (unpaired) electrons. The minimum absolute atomic E-state index is 0. The van der Waals surface area contributed by atoms with Crippen LogP contribution in [0.25, 0.3) is 0 Å². The molecule has 1 rings (SSSR count). The summed E-state index contributed by atoms with van der Waals surface area (Å²) in [6.45, 7) is 17.8. The fraction of sp³-hybridized carbons (Fsp3) is 0.941. The highest BCUT2D eigenvalue weighted by atomic mass is 127. The van der Waals surface area contributed by atoms with Crippen molar-refractivity contribution < 1.29 is 4.74 Å². The normalized spacial score (nSPS) is 27.0. The number of nitrogens with one attached hydrogen (secondary N) is 3. The van der Waals surface area contributed by atoms with Gasteiger partial charge in [0.1, 0.15) is 0 Å². The van der Waals surface area contributed by atoms with Gasteiger partial charge in [-0.1, -0.05) is 13.8 Å². The fourth-order valence-corrected chi connectivity index (χ4v) is 2.81. The molecule has 0 heterocycles. The zero-order valence-electron chi connectivity index (χ0n) is 16.2. The van der Waals surface area contributed by atoms with Crippen molar-refractivity contribution in [2.45, 2.75) is 72.1 Å². The van der Waals surface area contributed by atoms with E-state index >= 15 is 0 Å². The molecule has 2 atom stereocenters. The van der Waals surface area contributed by atoms with Crippen molar-refractivity contribution in [3.8, 4) is 0 Å². The van der Waals surface area contributed by atoms with Crippen LogP contribution in [0.15, 0.2) is 4.99 Å². The first kappa shape index (κ1) is 22.9. The van der Waals surface area contributed by atoms with Crippen LogP contribution in [0, 0.1) is 5.41 Å². The highest BCUT2D eigenvalue weighted by molar-refractivity contribution is 14.0. The Bertz CT molecular complexity index is 393. The summed E-state index contributed by atoms with van der Waals surface area (Å²) in [7, 11) is 1.80. The molecule has 2 unspecified atom stereocenters. The summed E-state index contributed by atoms with van der Waals surface area (Å²) < 4.78 is 5.69. The minimum Gasteiger partial charge on any atom is -0.378 e. The first-order chi connectivity index (χ1) is 10.1. The Kier molecular flexibility index (Phi) is 8.82. The lowest BCUT2D eigenvalue weighted by atomic mass is 9.56. The molecule has 1 fully saturated rings. The molecule has 0 saturated heterocycles. The van der Waals surface area contributed by atoms with Crippen molar-refractivity contribution in [2.75, 3.05) is 26.7 Å². The van der Waals surface area contributed by atoms with Gasteiger partial charge in [-0.3, -0.25) is 4.99 Å². The van der Waals surface area contributed by atoms with E-state index in [2.05, 4.69) is 69.4 Å². The Morgan fingerprint density at radius 2 is 1.87 bits per heavy atom. The Morgan fingerprint density at radius 1 is 1.26 bits per heavy atom. The highest BCUT2D eigenvalue weighted by Gasteiger charge is 2.58. The molecule has 0 amide bonds. The maximum Gasteiger partial charge on any atom is 0.191 e. The van der Waals surface area contributed by atoms with Gasteiger partial charge in [-0.2, -0.15) is 0 Å². The lowest BCUT2D eigenvalue weighted by molar-refractivity contribution is -0.176. The van der Waals surface area contributed by atoms with Crippen molar-refractivity contribution in [3.63, 3.8) is 0 Å². The minimum atomic E-state index is -0.0597. The van der Waals surface area contributed by atoms with Crippen LogP contribution in [0.2, 0.25) is 0 Å². The van der Waals surface area contributed by atoms with Crippen molar-refractivity contribution in [3.05, 3.63) is 0 Å². The van der Waals surface area contributed by atoms with Crippen LogP contribution in [0.4, 0.5) is 0 Å². The van der Waals surface area contributed by atoms with Crippen molar-refractivity contribution in [1.82, 2.24) is 16.0 Å². The van der Waals surface area contributed by atoms with E-state index in [0.29, 0.717) is 6.04 Å². The third-order valence-corrected chi connectivity index (χ3v) is 4.97. The van der Waals surface area contributed by atoms with Gasteiger partial charge in [-0.15, -0.1) is 24.0 Å². The SMILES string of the molecule is CCNC(=NCCNC(C)(C)C)NC1CC(C)(OC)C1(C)C.I. The third kappa shape index (κ3) is 6.05. The zero-order valence-corrected chi connectivity index (χ0v) is 18.5. The molecule has 3 N–H and O–H groups in total. The number of rotatable bonds is 6. The van der Waals surface area contributed by atoms with Crippen molar-refractivity contribution in [2.24, 2.45) is 10.4 Å². The molecule has 5 nitrogen and oxygen atoms in total. The van der Waals surface area contributed by atoms with Crippen LogP contribution in [0.3, 0.4) is 0 Å². The van der Waals surface area contributed by atoms with Gasteiger partial charge >= 0.3 is 0 Å². The largest absolute Gasteiger partial charge is 0.378 e. The lowest BCUT2D eigenvalue weighted by Gasteiger charge is -2.59. The average molecular weight is 440 g/mol. The molecule has 0 spiro atoms. The smallest absolute Gasteiger partial charge is 0.191 e. The van der Waals surface area contributed by atoms with Crippen LogP contribution in [0.1, 0.15) is 54.9 Å². The number of nitrogens with zero attached hydrogens (tertiary/aromatic N) is 1. The van der Waals surface area contributed by atoms with Gasteiger partial charge in [-0.05, 0) is 41.0 Å². The second-order valence-electron chi connectivity index (χ2n) is 8.00. The van der Waals surface area contributed by atoms with E-state index in [-0.39, 0.29) is 40.5 Å². The monoisotopic (exact) mass is 440 g/mol. The highest BCUT2D eigenvalue weighted by Crippen LogP contribution is 2.51. The summed E-state index contributed by atoms with van der Waals surface area (Å²) in [5.74, 6) is 0.898. The van der Waals surface area contributed by atoms with E-state index in [1.807, 2.05) is 0 Å². The summed E-state index contributed by atoms with van der Waals surface area (Å²) >= 11 is 0. The van der Waals surface area contributed by atoms with E-state index in [9.17, 15) is 0 Å². The Labute approximate surface area is 159 Å². The molecular weight excluding hydrogens is 403 g/mol. The molecule has 23 heavy (non-hydrogen) atoms. The molecule has 0 aromatic carbocycles. The predicted octanol–water partition coefficient (Wildman–Crippen LogP) is 2.75.